The number of hydrogen-bond donors (Lipinski definition) is 1. The van der Waals surface area contributed by atoms with Crippen molar-refractivity contribution < 1.29 is 22.7 Å². The zero-order valence-corrected chi connectivity index (χ0v) is 18.1. The summed E-state index contributed by atoms with van der Waals surface area (Å²) in [6.07, 6.45) is 2.68. The minimum atomic E-state index is -3.47. The van der Waals surface area contributed by atoms with Crippen molar-refractivity contribution in [2.75, 3.05) is 17.4 Å². The van der Waals surface area contributed by atoms with E-state index < -0.39 is 10.0 Å². The van der Waals surface area contributed by atoms with Gasteiger partial charge in [0.15, 0.2) is 11.5 Å². The molecular formula is C23H21N3O5S. The van der Waals surface area contributed by atoms with Crippen LogP contribution in [0.25, 0.3) is 0 Å². The molecule has 3 aromatic rings. The van der Waals surface area contributed by atoms with Gasteiger partial charge in [-0.15, -0.1) is 0 Å². The lowest BCUT2D eigenvalue weighted by Gasteiger charge is -2.22. The number of rotatable bonds is 7. The van der Waals surface area contributed by atoms with Gasteiger partial charge < -0.3 is 9.47 Å². The van der Waals surface area contributed by atoms with E-state index in [1.807, 2.05) is 6.07 Å². The number of carbonyl (C=O) groups is 1. The molecule has 164 valence electrons. The molecule has 4 rings (SSSR count). The number of benzene rings is 3. The van der Waals surface area contributed by atoms with E-state index in [9.17, 15) is 13.2 Å². The van der Waals surface area contributed by atoms with Gasteiger partial charge in [0.25, 0.3) is 5.91 Å². The van der Waals surface area contributed by atoms with Gasteiger partial charge in [-0.1, -0.05) is 30.3 Å². The number of hydrazone groups is 1. The summed E-state index contributed by atoms with van der Waals surface area (Å²) in [7, 11) is -3.47. The van der Waals surface area contributed by atoms with E-state index in [1.165, 1.54) is 16.8 Å². The number of carbonyl (C=O) groups excluding carboxylic acids is 1. The molecule has 0 aromatic heterocycles. The first kappa shape index (κ1) is 21.4. The van der Waals surface area contributed by atoms with Gasteiger partial charge in [0.05, 0.1) is 24.7 Å². The molecule has 1 aliphatic heterocycles. The van der Waals surface area contributed by atoms with E-state index in [0.717, 1.165) is 11.1 Å². The fraction of sp³-hybridized carbons (Fsp3) is 0.130. The van der Waals surface area contributed by atoms with Crippen LogP contribution in [0.3, 0.4) is 0 Å². The maximum Gasteiger partial charge on any atom is 0.271 e. The Labute approximate surface area is 186 Å². The van der Waals surface area contributed by atoms with Gasteiger partial charge in [-0.25, -0.2) is 13.8 Å². The Morgan fingerprint density at radius 1 is 1.03 bits per heavy atom. The molecule has 1 N–H and O–H groups in total. The van der Waals surface area contributed by atoms with Crippen LogP contribution in [0.5, 0.6) is 11.5 Å². The van der Waals surface area contributed by atoms with Crippen molar-refractivity contribution in [1.29, 1.82) is 0 Å². The summed E-state index contributed by atoms with van der Waals surface area (Å²) in [5.74, 6) is 0.930. The van der Waals surface area contributed by atoms with Crippen molar-refractivity contribution in [2.45, 2.75) is 6.54 Å². The van der Waals surface area contributed by atoms with E-state index in [-0.39, 0.29) is 19.2 Å². The Bertz CT molecular complexity index is 1240. The smallest absolute Gasteiger partial charge is 0.271 e. The summed E-state index contributed by atoms with van der Waals surface area (Å²) in [6, 6.07) is 20.9. The van der Waals surface area contributed by atoms with Crippen LogP contribution < -0.4 is 19.2 Å². The lowest BCUT2D eigenvalue weighted by Crippen LogP contribution is -2.29. The minimum absolute atomic E-state index is 0.160. The van der Waals surface area contributed by atoms with E-state index >= 15 is 0 Å². The molecular weight excluding hydrogens is 430 g/mol. The molecule has 0 aliphatic carbocycles. The second kappa shape index (κ2) is 9.11. The molecule has 9 heteroatoms. The molecule has 0 radical (unpaired) electrons. The number of fused-ring (bicyclic) bond motifs is 1. The van der Waals surface area contributed by atoms with Crippen LogP contribution in [0.15, 0.2) is 77.9 Å². The summed E-state index contributed by atoms with van der Waals surface area (Å²) in [6.45, 7) is 0.350. The summed E-state index contributed by atoms with van der Waals surface area (Å²) in [5.41, 5.74) is 4.97. The van der Waals surface area contributed by atoms with E-state index in [1.54, 1.807) is 66.7 Å². The van der Waals surface area contributed by atoms with Crippen molar-refractivity contribution in [3.8, 4) is 11.5 Å². The van der Waals surface area contributed by atoms with Crippen LogP contribution in [0.2, 0.25) is 0 Å². The normalized spacial score (nSPS) is 12.7. The Morgan fingerprint density at radius 2 is 1.75 bits per heavy atom. The van der Waals surface area contributed by atoms with Gasteiger partial charge >= 0.3 is 0 Å². The highest BCUT2D eigenvalue weighted by molar-refractivity contribution is 7.92. The largest absolute Gasteiger partial charge is 0.454 e. The van der Waals surface area contributed by atoms with Crippen molar-refractivity contribution in [3.63, 3.8) is 0 Å². The van der Waals surface area contributed by atoms with E-state index in [0.29, 0.717) is 22.7 Å². The molecule has 0 fully saturated rings. The number of para-hydroxylation sites is 1. The van der Waals surface area contributed by atoms with Gasteiger partial charge in [-0.2, -0.15) is 5.10 Å². The fourth-order valence-corrected chi connectivity index (χ4v) is 4.03. The molecule has 0 unspecified atom stereocenters. The second-order valence-corrected chi connectivity index (χ2v) is 9.02. The van der Waals surface area contributed by atoms with Crippen LogP contribution in [0, 0.1) is 0 Å². The van der Waals surface area contributed by atoms with Gasteiger partial charge in [-0.3, -0.25) is 9.10 Å². The second-order valence-electron chi connectivity index (χ2n) is 7.11. The number of anilines is 1. The third-order valence-electron chi connectivity index (χ3n) is 4.76. The van der Waals surface area contributed by atoms with Gasteiger partial charge in [0.2, 0.25) is 16.8 Å². The fourth-order valence-electron chi connectivity index (χ4n) is 3.15. The highest BCUT2D eigenvalue weighted by atomic mass is 32.2. The Kier molecular flexibility index (Phi) is 6.09. The summed E-state index contributed by atoms with van der Waals surface area (Å²) in [4.78, 5) is 12.4. The average Bonchev–Trinajstić information content (AvgIpc) is 3.25. The molecule has 0 atom stereocenters. The number of nitrogens with one attached hydrogen (secondary N) is 1. The summed E-state index contributed by atoms with van der Waals surface area (Å²) >= 11 is 0. The standard InChI is InChI=1S/C23H21N3O5S/c1-32(28,29)26(20-5-3-2-4-6-20)15-17-7-10-19(11-8-17)23(27)25-24-14-18-9-12-21-22(13-18)31-16-30-21/h2-14H,15-16H2,1H3,(H,25,27)/b24-14-. The Balaban J connectivity index is 1.40. The first-order valence-electron chi connectivity index (χ1n) is 9.75. The first-order chi connectivity index (χ1) is 15.4. The molecule has 8 nitrogen and oxygen atoms in total. The number of amides is 1. The van der Waals surface area contributed by atoms with E-state index in [2.05, 4.69) is 10.5 Å². The van der Waals surface area contributed by atoms with Gasteiger partial charge in [0, 0.05) is 5.56 Å². The number of hydrogen-bond acceptors (Lipinski definition) is 6. The third kappa shape index (κ3) is 5.06. The Morgan fingerprint density at radius 3 is 2.47 bits per heavy atom. The molecule has 3 aromatic carbocycles. The summed E-state index contributed by atoms with van der Waals surface area (Å²) in [5, 5.41) is 3.98. The number of ether oxygens (including phenoxy) is 2. The summed E-state index contributed by atoms with van der Waals surface area (Å²) < 4.78 is 36.4. The minimum Gasteiger partial charge on any atom is -0.454 e. The van der Waals surface area contributed by atoms with Crippen molar-refractivity contribution in [2.24, 2.45) is 5.10 Å². The molecule has 0 bridgehead atoms. The van der Waals surface area contributed by atoms with Crippen LogP contribution in [0.4, 0.5) is 5.69 Å². The van der Waals surface area contributed by atoms with Crippen LogP contribution in [-0.4, -0.2) is 33.6 Å². The third-order valence-corrected chi connectivity index (χ3v) is 5.90. The topological polar surface area (TPSA) is 97.3 Å². The van der Waals surface area contributed by atoms with Crippen LogP contribution in [0.1, 0.15) is 21.5 Å². The van der Waals surface area contributed by atoms with E-state index in [4.69, 9.17) is 9.47 Å². The number of nitrogens with zero attached hydrogens (tertiary/aromatic N) is 2. The van der Waals surface area contributed by atoms with Gasteiger partial charge in [0.1, 0.15) is 0 Å². The molecule has 1 aliphatic rings. The quantitative estimate of drug-likeness (QED) is 0.440. The predicted octanol–water partition coefficient (Wildman–Crippen LogP) is 3.15. The maximum absolute atomic E-state index is 12.4. The van der Waals surface area contributed by atoms with Crippen LogP contribution >= 0.6 is 0 Å². The maximum atomic E-state index is 12.4. The molecule has 32 heavy (non-hydrogen) atoms. The van der Waals surface area contributed by atoms with Crippen molar-refractivity contribution in [3.05, 3.63) is 89.5 Å². The predicted molar refractivity (Wildman–Crippen MR) is 122 cm³/mol. The Hall–Kier alpha value is -3.85. The molecule has 0 saturated carbocycles. The van der Waals surface area contributed by atoms with Crippen molar-refractivity contribution >= 4 is 27.8 Å². The van der Waals surface area contributed by atoms with Gasteiger partial charge in [-0.05, 0) is 53.6 Å². The highest BCUT2D eigenvalue weighted by Crippen LogP contribution is 2.32. The van der Waals surface area contributed by atoms with Crippen LogP contribution in [-0.2, 0) is 16.6 Å². The first-order valence-corrected chi connectivity index (χ1v) is 11.6. The molecule has 1 heterocycles. The average molecular weight is 452 g/mol. The molecule has 0 saturated heterocycles. The molecule has 1 amide bonds. The lowest BCUT2D eigenvalue weighted by molar-refractivity contribution is 0.0955. The SMILES string of the molecule is CS(=O)(=O)N(Cc1ccc(C(=O)N/N=C\c2ccc3c(c2)OCO3)cc1)c1ccccc1. The zero-order chi connectivity index (χ0) is 22.6. The highest BCUT2D eigenvalue weighted by Gasteiger charge is 2.18. The molecule has 0 spiro atoms. The monoisotopic (exact) mass is 451 g/mol. The lowest BCUT2D eigenvalue weighted by atomic mass is 10.1. The van der Waals surface area contributed by atoms with Crippen molar-refractivity contribution in [1.82, 2.24) is 5.43 Å². The number of sulfonamides is 1. The zero-order valence-electron chi connectivity index (χ0n) is 17.3.